The molecule has 2 aromatic rings. The molecule has 0 atom stereocenters. The summed E-state index contributed by atoms with van der Waals surface area (Å²) in [5, 5.41) is 13.9. The number of benzene rings is 1. The number of thiophene rings is 1. The van der Waals surface area contributed by atoms with E-state index >= 15 is 0 Å². The van der Waals surface area contributed by atoms with Gasteiger partial charge < -0.3 is 5.32 Å². The van der Waals surface area contributed by atoms with Crippen LogP contribution in [0.15, 0.2) is 30.3 Å². The summed E-state index contributed by atoms with van der Waals surface area (Å²) < 4.78 is 0.757. The maximum Gasteiger partial charge on any atom is 0.269 e. The zero-order valence-corrected chi connectivity index (χ0v) is 11.2. The van der Waals surface area contributed by atoms with Gasteiger partial charge in [-0.2, -0.15) is 0 Å². The Morgan fingerprint density at radius 1 is 1.39 bits per heavy atom. The molecule has 1 heterocycles. The average molecular weight is 283 g/mol. The number of nitrogens with zero attached hydrogens (tertiary/aromatic N) is 1. The first-order valence-electron chi connectivity index (χ1n) is 5.29. The molecule has 0 amide bonds. The molecule has 1 N–H and O–H groups in total. The zero-order valence-electron chi connectivity index (χ0n) is 9.64. The molecule has 0 aliphatic carbocycles. The number of rotatable bonds is 4. The Kier molecular flexibility index (Phi) is 3.84. The van der Waals surface area contributed by atoms with Crippen molar-refractivity contribution in [3.63, 3.8) is 0 Å². The van der Waals surface area contributed by atoms with Crippen molar-refractivity contribution < 1.29 is 4.92 Å². The van der Waals surface area contributed by atoms with Gasteiger partial charge in [-0.15, -0.1) is 11.3 Å². The Balaban J connectivity index is 2.08. The third kappa shape index (κ3) is 3.00. The third-order valence-electron chi connectivity index (χ3n) is 2.50. The Labute approximate surface area is 113 Å². The van der Waals surface area contributed by atoms with Crippen LogP contribution >= 0.6 is 22.9 Å². The molecular weight excluding hydrogens is 272 g/mol. The Bertz CT molecular complexity index is 583. The Morgan fingerprint density at radius 2 is 2.17 bits per heavy atom. The lowest BCUT2D eigenvalue weighted by atomic mass is 10.2. The van der Waals surface area contributed by atoms with Crippen molar-refractivity contribution >= 4 is 34.3 Å². The predicted molar refractivity (Wildman–Crippen MR) is 74.5 cm³/mol. The van der Waals surface area contributed by atoms with Crippen LogP contribution < -0.4 is 5.32 Å². The van der Waals surface area contributed by atoms with Crippen molar-refractivity contribution in [3.8, 4) is 0 Å². The first kappa shape index (κ1) is 12.9. The highest BCUT2D eigenvalue weighted by molar-refractivity contribution is 7.16. The fourth-order valence-corrected chi connectivity index (χ4v) is 2.62. The van der Waals surface area contributed by atoms with Gasteiger partial charge in [-0.1, -0.05) is 11.6 Å². The van der Waals surface area contributed by atoms with E-state index in [4.69, 9.17) is 11.6 Å². The van der Waals surface area contributed by atoms with Crippen LogP contribution in [0.3, 0.4) is 0 Å². The van der Waals surface area contributed by atoms with Gasteiger partial charge in [0.15, 0.2) is 0 Å². The van der Waals surface area contributed by atoms with Crippen molar-refractivity contribution in [1.29, 1.82) is 0 Å². The van der Waals surface area contributed by atoms with E-state index in [2.05, 4.69) is 5.32 Å². The van der Waals surface area contributed by atoms with Crippen molar-refractivity contribution in [3.05, 3.63) is 55.2 Å². The van der Waals surface area contributed by atoms with E-state index in [0.717, 1.165) is 20.5 Å². The maximum absolute atomic E-state index is 10.6. The van der Waals surface area contributed by atoms with E-state index < -0.39 is 4.92 Å². The molecular formula is C12H11ClN2O2S. The summed E-state index contributed by atoms with van der Waals surface area (Å²) in [6, 6.07) is 8.59. The highest BCUT2D eigenvalue weighted by Crippen LogP contribution is 2.24. The molecule has 18 heavy (non-hydrogen) atoms. The van der Waals surface area contributed by atoms with Crippen LogP contribution in [0.5, 0.6) is 0 Å². The van der Waals surface area contributed by atoms with Crippen LogP contribution in [0.4, 0.5) is 11.4 Å². The van der Waals surface area contributed by atoms with E-state index in [0.29, 0.717) is 6.54 Å². The van der Waals surface area contributed by atoms with Gasteiger partial charge in [-0.25, -0.2) is 0 Å². The molecule has 0 unspecified atom stereocenters. The molecule has 0 saturated carbocycles. The summed E-state index contributed by atoms with van der Waals surface area (Å²) in [7, 11) is 0. The number of aryl methyl sites for hydroxylation is 1. The summed E-state index contributed by atoms with van der Waals surface area (Å²) in [6.45, 7) is 2.51. The second kappa shape index (κ2) is 5.37. The number of nitrogens with one attached hydrogen (secondary N) is 1. The second-order valence-corrected chi connectivity index (χ2v) is 5.62. The number of anilines is 1. The number of non-ortho nitro benzene ring substituents is 1. The number of hydrogen-bond donors (Lipinski definition) is 1. The molecule has 0 fully saturated rings. The van der Waals surface area contributed by atoms with E-state index in [1.807, 2.05) is 19.1 Å². The highest BCUT2D eigenvalue weighted by atomic mass is 35.5. The lowest BCUT2D eigenvalue weighted by Gasteiger charge is -2.07. The van der Waals surface area contributed by atoms with Gasteiger partial charge in [0.1, 0.15) is 0 Å². The van der Waals surface area contributed by atoms with Gasteiger partial charge in [0.05, 0.1) is 9.26 Å². The van der Waals surface area contributed by atoms with E-state index in [9.17, 15) is 10.1 Å². The van der Waals surface area contributed by atoms with Crippen molar-refractivity contribution in [2.24, 2.45) is 0 Å². The average Bonchev–Trinajstić information content (AvgIpc) is 2.73. The van der Waals surface area contributed by atoms with Crippen LogP contribution in [0.1, 0.15) is 10.4 Å². The van der Waals surface area contributed by atoms with Crippen LogP contribution in [0.25, 0.3) is 0 Å². The van der Waals surface area contributed by atoms with Gasteiger partial charge in [0.2, 0.25) is 0 Å². The minimum atomic E-state index is -0.393. The lowest BCUT2D eigenvalue weighted by Crippen LogP contribution is -2.00. The molecule has 1 aromatic heterocycles. The SMILES string of the molecule is Cc1cc([N+](=O)[O-])ccc1NCc1ccc(Cl)s1. The largest absolute Gasteiger partial charge is 0.380 e. The summed E-state index contributed by atoms with van der Waals surface area (Å²) in [4.78, 5) is 11.3. The quantitative estimate of drug-likeness (QED) is 0.674. The third-order valence-corrected chi connectivity index (χ3v) is 3.73. The minimum Gasteiger partial charge on any atom is -0.380 e. The fraction of sp³-hybridized carbons (Fsp3) is 0.167. The van der Waals surface area contributed by atoms with Gasteiger partial charge in [0, 0.05) is 29.2 Å². The Hall–Kier alpha value is -1.59. The molecule has 4 nitrogen and oxygen atoms in total. The standard InChI is InChI=1S/C12H11ClN2O2S/c1-8-6-9(15(16)17)2-4-11(8)14-7-10-3-5-12(13)18-10/h2-6,14H,7H2,1H3. The van der Waals surface area contributed by atoms with E-state index in [-0.39, 0.29) is 5.69 Å². The molecule has 0 aliphatic rings. The van der Waals surface area contributed by atoms with Crippen LogP contribution in [-0.4, -0.2) is 4.92 Å². The summed E-state index contributed by atoms with van der Waals surface area (Å²) in [5.74, 6) is 0. The molecule has 0 radical (unpaired) electrons. The normalized spacial score (nSPS) is 10.3. The molecule has 94 valence electrons. The van der Waals surface area contributed by atoms with Crippen LogP contribution in [0.2, 0.25) is 4.34 Å². The highest BCUT2D eigenvalue weighted by Gasteiger charge is 2.08. The topological polar surface area (TPSA) is 55.2 Å². The molecule has 2 rings (SSSR count). The summed E-state index contributed by atoms with van der Waals surface area (Å²) in [5.41, 5.74) is 1.86. The monoisotopic (exact) mass is 282 g/mol. The molecule has 0 saturated heterocycles. The van der Waals surface area contributed by atoms with Crippen LogP contribution in [0, 0.1) is 17.0 Å². The molecule has 1 aromatic carbocycles. The number of nitro benzene ring substituents is 1. The summed E-state index contributed by atoms with van der Waals surface area (Å²) in [6.07, 6.45) is 0. The lowest BCUT2D eigenvalue weighted by molar-refractivity contribution is -0.384. The Morgan fingerprint density at radius 3 is 2.72 bits per heavy atom. The van der Waals surface area contributed by atoms with Gasteiger partial charge >= 0.3 is 0 Å². The number of halogens is 1. The predicted octanol–water partition coefficient (Wildman–Crippen LogP) is 4.23. The first-order chi connectivity index (χ1) is 8.56. The number of nitro groups is 1. The maximum atomic E-state index is 10.6. The van der Waals surface area contributed by atoms with E-state index in [1.165, 1.54) is 17.4 Å². The summed E-state index contributed by atoms with van der Waals surface area (Å²) >= 11 is 7.36. The molecule has 0 spiro atoms. The first-order valence-corrected chi connectivity index (χ1v) is 6.49. The minimum absolute atomic E-state index is 0.109. The van der Waals surface area contributed by atoms with E-state index in [1.54, 1.807) is 12.1 Å². The smallest absolute Gasteiger partial charge is 0.269 e. The van der Waals surface area contributed by atoms with Crippen molar-refractivity contribution in [2.45, 2.75) is 13.5 Å². The molecule has 0 aliphatic heterocycles. The van der Waals surface area contributed by atoms with Crippen molar-refractivity contribution in [2.75, 3.05) is 5.32 Å². The van der Waals surface area contributed by atoms with Crippen molar-refractivity contribution in [1.82, 2.24) is 0 Å². The van der Waals surface area contributed by atoms with Gasteiger partial charge in [0.25, 0.3) is 5.69 Å². The second-order valence-electron chi connectivity index (χ2n) is 3.82. The van der Waals surface area contributed by atoms with Gasteiger partial charge in [-0.05, 0) is 30.7 Å². The van der Waals surface area contributed by atoms with Gasteiger partial charge in [-0.3, -0.25) is 10.1 Å². The molecule has 0 bridgehead atoms. The number of hydrogen-bond acceptors (Lipinski definition) is 4. The fourth-order valence-electron chi connectivity index (χ4n) is 1.59. The molecule has 6 heteroatoms. The zero-order chi connectivity index (χ0) is 13.1. The van der Waals surface area contributed by atoms with Crippen LogP contribution in [-0.2, 0) is 6.54 Å².